The molecule has 2 aromatic rings. The maximum atomic E-state index is 12.2. The van der Waals surface area contributed by atoms with Gasteiger partial charge in [-0.2, -0.15) is 0 Å². The van der Waals surface area contributed by atoms with Gasteiger partial charge in [-0.05, 0) is 30.7 Å². The maximum absolute atomic E-state index is 12.2. The summed E-state index contributed by atoms with van der Waals surface area (Å²) in [5.41, 5.74) is 0.220. The predicted octanol–water partition coefficient (Wildman–Crippen LogP) is 1.99. The van der Waals surface area contributed by atoms with Crippen LogP contribution in [0.5, 0.6) is 5.75 Å². The number of carboxylic acid groups (broad SMARTS) is 1. The SMILES string of the molecule is Cc1cc(O)c(C(=O)/C=C/c2cccc(C(=O)O)c2)c(=O)n1C. The highest BCUT2D eigenvalue weighted by atomic mass is 16.4. The molecule has 0 aliphatic carbocycles. The average Bonchev–Trinajstić information content (AvgIpc) is 2.51. The molecule has 0 unspecified atom stereocenters. The summed E-state index contributed by atoms with van der Waals surface area (Å²) in [6.45, 7) is 1.64. The van der Waals surface area contributed by atoms with Gasteiger partial charge in [-0.1, -0.05) is 18.2 Å². The molecule has 6 nitrogen and oxygen atoms in total. The van der Waals surface area contributed by atoms with Crippen molar-refractivity contribution in [3.8, 4) is 5.75 Å². The minimum absolute atomic E-state index is 0.0914. The zero-order valence-corrected chi connectivity index (χ0v) is 12.6. The van der Waals surface area contributed by atoms with Gasteiger partial charge in [0.1, 0.15) is 11.3 Å². The number of pyridine rings is 1. The molecule has 0 bridgehead atoms. The lowest BCUT2D eigenvalue weighted by molar-refractivity contribution is 0.0696. The molecule has 0 saturated carbocycles. The first-order chi connectivity index (χ1) is 10.8. The molecular formula is C17H15NO5. The van der Waals surface area contributed by atoms with Crippen molar-refractivity contribution in [2.45, 2.75) is 6.92 Å². The number of hydrogen-bond acceptors (Lipinski definition) is 4. The number of carbonyl (C=O) groups is 2. The van der Waals surface area contributed by atoms with E-state index in [1.165, 1.54) is 35.9 Å². The summed E-state index contributed by atoms with van der Waals surface area (Å²) in [7, 11) is 1.51. The molecule has 0 spiro atoms. The number of benzene rings is 1. The van der Waals surface area contributed by atoms with Crippen LogP contribution in [0.1, 0.15) is 32.0 Å². The molecule has 0 saturated heterocycles. The van der Waals surface area contributed by atoms with Gasteiger partial charge in [-0.15, -0.1) is 0 Å². The van der Waals surface area contributed by atoms with Crippen molar-refractivity contribution < 1.29 is 19.8 Å². The van der Waals surface area contributed by atoms with Crippen LogP contribution in [-0.4, -0.2) is 26.5 Å². The Labute approximate surface area is 131 Å². The smallest absolute Gasteiger partial charge is 0.335 e. The van der Waals surface area contributed by atoms with Gasteiger partial charge in [0.25, 0.3) is 5.56 Å². The van der Waals surface area contributed by atoms with Gasteiger partial charge in [0.15, 0.2) is 5.78 Å². The fourth-order valence-electron chi connectivity index (χ4n) is 2.07. The van der Waals surface area contributed by atoms with E-state index in [0.717, 1.165) is 6.08 Å². The summed E-state index contributed by atoms with van der Waals surface area (Å²) in [4.78, 5) is 35.1. The lowest BCUT2D eigenvalue weighted by Gasteiger charge is -2.07. The first-order valence-corrected chi connectivity index (χ1v) is 6.76. The van der Waals surface area contributed by atoms with E-state index in [2.05, 4.69) is 0 Å². The number of allylic oxidation sites excluding steroid dienone is 1. The van der Waals surface area contributed by atoms with Gasteiger partial charge < -0.3 is 14.8 Å². The van der Waals surface area contributed by atoms with Gasteiger partial charge in [-0.25, -0.2) is 4.79 Å². The highest BCUT2D eigenvalue weighted by molar-refractivity contribution is 6.08. The van der Waals surface area contributed by atoms with E-state index in [-0.39, 0.29) is 16.9 Å². The Balaban J connectivity index is 2.37. The summed E-state index contributed by atoms with van der Waals surface area (Å²) in [5.74, 6) is -2.10. The molecule has 1 heterocycles. The standard InChI is InChI=1S/C17H15NO5/c1-10-8-14(20)15(16(21)18(10)2)13(19)7-6-11-4-3-5-12(9-11)17(22)23/h3-9,20H,1-2H3,(H,22,23)/b7-6+. The van der Waals surface area contributed by atoms with Crippen molar-refractivity contribution in [1.82, 2.24) is 4.57 Å². The molecule has 1 aromatic heterocycles. The second kappa shape index (κ2) is 6.31. The summed E-state index contributed by atoms with van der Waals surface area (Å²) < 4.78 is 1.27. The van der Waals surface area contributed by atoms with Gasteiger partial charge in [0.2, 0.25) is 0 Å². The van der Waals surface area contributed by atoms with E-state index in [1.54, 1.807) is 19.1 Å². The van der Waals surface area contributed by atoms with E-state index in [1.807, 2.05) is 0 Å². The Morgan fingerprint density at radius 2 is 1.91 bits per heavy atom. The molecule has 118 valence electrons. The molecule has 2 N–H and O–H groups in total. The molecule has 0 atom stereocenters. The number of aromatic hydroxyl groups is 1. The first kappa shape index (κ1) is 16.2. The molecule has 0 amide bonds. The molecule has 1 aromatic carbocycles. The Morgan fingerprint density at radius 1 is 1.22 bits per heavy atom. The van der Waals surface area contributed by atoms with Crippen LogP contribution in [0.2, 0.25) is 0 Å². The van der Waals surface area contributed by atoms with Crippen LogP contribution >= 0.6 is 0 Å². The zero-order chi connectivity index (χ0) is 17.1. The Bertz CT molecular complexity index is 877. The number of aromatic carboxylic acids is 1. The van der Waals surface area contributed by atoms with Crippen molar-refractivity contribution in [3.05, 3.63) is 69.1 Å². The van der Waals surface area contributed by atoms with Crippen LogP contribution in [0.15, 0.2) is 41.2 Å². The van der Waals surface area contributed by atoms with Crippen molar-refractivity contribution in [2.24, 2.45) is 7.05 Å². The van der Waals surface area contributed by atoms with E-state index in [9.17, 15) is 19.5 Å². The van der Waals surface area contributed by atoms with Crippen LogP contribution in [0.25, 0.3) is 6.08 Å². The fraction of sp³-hybridized carbons (Fsp3) is 0.118. The average molecular weight is 313 g/mol. The second-order valence-corrected chi connectivity index (χ2v) is 5.04. The van der Waals surface area contributed by atoms with E-state index >= 15 is 0 Å². The molecule has 2 rings (SSSR count). The van der Waals surface area contributed by atoms with Crippen LogP contribution in [-0.2, 0) is 7.05 Å². The molecule has 0 aliphatic rings. The van der Waals surface area contributed by atoms with Crippen LogP contribution < -0.4 is 5.56 Å². The number of carboxylic acids is 1. The van der Waals surface area contributed by atoms with E-state index in [4.69, 9.17) is 5.11 Å². The number of rotatable bonds is 4. The minimum atomic E-state index is -1.07. The Hall–Kier alpha value is -3.15. The van der Waals surface area contributed by atoms with E-state index in [0.29, 0.717) is 11.3 Å². The lowest BCUT2D eigenvalue weighted by atomic mass is 10.1. The number of ketones is 1. The summed E-state index contributed by atoms with van der Waals surface area (Å²) in [6, 6.07) is 7.36. The molecule has 0 radical (unpaired) electrons. The lowest BCUT2D eigenvalue weighted by Crippen LogP contribution is -2.25. The summed E-state index contributed by atoms with van der Waals surface area (Å²) in [6.07, 6.45) is 2.53. The van der Waals surface area contributed by atoms with Crippen molar-refractivity contribution in [2.75, 3.05) is 0 Å². The van der Waals surface area contributed by atoms with Crippen LogP contribution in [0, 0.1) is 6.92 Å². The van der Waals surface area contributed by atoms with Gasteiger partial charge in [-0.3, -0.25) is 9.59 Å². The quantitative estimate of drug-likeness (QED) is 0.664. The van der Waals surface area contributed by atoms with Crippen molar-refractivity contribution >= 4 is 17.8 Å². The predicted molar refractivity (Wildman–Crippen MR) is 84.9 cm³/mol. The third kappa shape index (κ3) is 3.37. The highest BCUT2D eigenvalue weighted by Crippen LogP contribution is 2.16. The van der Waals surface area contributed by atoms with Gasteiger partial charge in [0, 0.05) is 18.8 Å². The number of aromatic nitrogens is 1. The molecule has 6 heteroatoms. The largest absolute Gasteiger partial charge is 0.507 e. The number of nitrogens with zero attached hydrogens (tertiary/aromatic N) is 1. The first-order valence-electron chi connectivity index (χ1n) is 6.76. The monoisotopic (exact) mass is 313 g/mol. The highest BCUT2D eigenvalue weighted by Gasteiger charge is 2.16. The fourth-order valence-corrected chi connectivity index (χ4v) is 2.07. The van der Waals surface area contributed by atoms with Gasteiger partial charge >= 0.3 is 5.97 Å². The number of hydrogen-bond donors (Lipinski definition) is 2. The Morgan fingerprint density at radius 3 is 2.57 bits per heavy atom. The maximum Gasteiger partial charge on any atom is 0.335 e. The van der Waals surface area contributed by atoms with Crippen molar-refractivity contribution in [1.29, 1.82) is 0 Å². The zero-order valence-electron chi connectivity index (χ0n) is 12.6. The molecule has 23 heavy (non-hydrogen) atoms. The Kier molecular flexibility index (Phi) is 4.45. The number of carbonyl (C=O) groups excluding carboxylic acids is 1. The van der Waals surface area contributed by atoms with Crippen molar-refractivity contribution in [3.63, 3.8) is 0 Å². The third-order valence-electron chi connectivity index (χ3n) is 3.46. The van der Waals surface area contributed by atoms with Gasteiger partial charge in [0.05, 0.1) is 5.56 Å². The normalized spacial score (nSPS) is 10.9. The van der Waals surface area contributed by atoms with Crippen LogP contribution in [0.3, 0.4) is 0 Å². The molecule has 0 fully saturated rings. The van der Waals surface area contributed by atoms with E-state index < -0.39 is 17.3 Å². The molecular weight excluding hydrogens is 298 g/mol. The third-order valence-corrected chi connectivity index (χ3v) is 3.46. The minimum Gasteiger partial charge on any atom is -0.507 e. The summed E-state index contributed by atoms with van der Waals surface area (Å²) >= 11 is 0. The number of aryl methyl sites for hydroxylation is 1. The topological polar surface area (TPSA) is 96.6 Å². The summed E-state index contributed by atoms with van der Waals surface area (Å²) in [5, 5.41) is 18.8. The second-order valence-electron chi connectivity index (χ2n) is 5.04. The van der Waals surface area contributed by atoms with Crippen LogP contribution in [0.4, 0.5) is 0 Å². The molecule has 0 aliphatic heterocycles.